The van der Waals surface area contributed by atoms with E-state index in [4.69, 9.17) is 18.6 Å². The van der Waals surface area contributed by atoms with Crippen LogP contribution >= 0.6 is 0 Å². The standard InChI is InChI=1S/C26H34B2O4.B/c1-23(2)24(3,4)30-27(29-23)19-11-13-21-17(15-19)9-10-18-16-20(12-14-22(18)21)28-31-25(5,6)26(7,8)32-28;/h11-16H,9-10H2,1-8H3;. The molecule has 2 aromatic carbocycles. The first-order valence-electron chi connectivity index (χ1n) is 11.8. The monoisotopic (exact) mass is 443 g/mol. The third-order valence-electron chi connectivity index (χ3n) is 8.26. The molecule has 171 valence electrons. The number of rotatable bonds is 2. The molecule has 7 heteroatoms. The zero-order chi connectivity index (χ0) is 23.1. The first-order valence-corrected chi connectivity index (χ1v) is 11.8. The minimum Gasteiger partial charge on any atom is -0.399 e. The molecule has 2 fully saturated rings. The fraction of sp³-hybridized carbons (Fsp3) is 0.538. The van der Waals surface area contributed by atoms with Gasteiger partial charge in [0.1, 0.15) is 0 Å². The molecule has 2 aliphatic heterocycles. The molecular formula is C26H34B3O4. The highest BCUT2D eigenvalue weighted by molar-refractivity contribution is 6.62. The highest BCUT2D eigenvalue weighted by Gasteiger charge is 2.53. The molecule has 33 heavy (non-hydrogen) atoms. The van der Waals surface area contributed by atoms with Gasteiger partial charge in [-0.3, -0.25) is 0 Å². The summed E-state index contributed by atoms with van der Waals surface area (Å²) in [6.45, 7) is 16.8. The van der Waals surface area contributed by atoms with E-state index in [1.807, 2.05) is 0 Å². The summed E-state index contributed by atoms with van der Waals surface area (Å²) < 4.78 is 25.1. The summed E-state index contributed by atoms with van der Waals surface area (Å²) in [4.78, 5) is 0. The number of hydrogen-bond acceptors (Lipinski definition) is 4. The number of benzene rings is 2. The van der Waals surface area contributed by atoms with Crippen molar-refractivity contribution in [1.82, 2.24) is 0 Å². The second-order valence-corrected chi connectivity index (χ2v) is 11.5. The lowest BCUT2D eigenvalue weighted by Crippen LogP contribution is -2.41. The van der Waals surface area contributed by atoms with Crippen molar-refractivity contribution in [2.45, 2.75) is 90.6 Å². The van der Waals surface area contributed by atoms with E-state index in [1.165, 1.54) is 22.3 Å². The first kappa shape index (κ1) is 24.6. The number of aryl methyl sites for hydroxylation is 2. The molecule has 5 rings (SSSR count). The zero-order valence-corrected chi connectivity index (χ0v) is 21.2. The zero-order valence-electron chi connectivity index (χ0n) is 21.2. The molecule has 0 unspecified atom stereocenters. The predicted molar refractivity (Wildman–Crippen MR) is 136 cm³/mol. The quantitative estimate of drug-likeness (QED) is 0.665. The van der Waals surface area contributed by atoms with E-state index in [0.717, 1.165) is 23.8 Å². The molecule has 0 atom stereocenters. The smallest absolute Gasteiger partial charge is 0.399 e. The number of fused-ring (bicyclic) bond motifs is 3. The summed E-state index contributed by atoms with van der Waals surface area (Å²) in [6, 6.07) is 13.3. The van der Waals surface area contributed by atoms with Gasteiger partial charge in [-0.15, -0.1) is 0 Å². The third kappa shape index (κ3) is 3.91. The molecule has 0 bridgehead atoms. The van der Waals surface area contributed by atoms with E-state index in [2.05, 4.69) is 91.8 Å². The van der Waals surface area contributed by atoms with Crippen LogP contribution in [0.5, 0.6) is 0 Å². The van der Waals surface area contributed by atoms with Gasteiger partial charge in [0.05, 0.1) is 22.4 Å². The maximum absolute atomic E-state index is 6.27. The van der Waals surface area contributed by atoms with E-state index >= 15 is 0 Å². The normalized spacial score (nSPS) is 23.6. The van der Waals surface area contributed by atoms with Crippen molar-refractivity contribution in [2.75, 3.05) is 0 Å². The minimum absolute atomic E-state index is 0. The second-order valence-electron chi connectivity index (χ2n) is 11.5. The summed E-state index contributed by atoms with van der Waals surface area (Å²) in [5, 5.41) is 0. The van der Waals surface area contributed by atoms with Crippen LogP contribution in [0.4, 0.5) is 0 Å². The van der Waals surface area contributed by atoms with Crippen LogP contribution in [-0.2, 0) is 31.5 Å². The molecule has 4 nitrogen and oxygen atoms in total. The van der Waals surface area contributed by atoms with Crippen molar-refractivity contribution in [3.05, 3.63) is 47.5 Å². The lowest BCUT2D eigenvalue weighted by Gasteiger charge is -2.32. The van der Waals surface area contributed by atoms with E-state index < -0.39 is 0 Å². The van der Waals surface area contributed by atoms with Crippen LogP contribution < -0.4 is 10.9 Å². The van der Waals surface area contributed by atoms with Gasteiger partial charge in [-0.1, -0.05) is 36.4 Å². The molecule has 3 radical (unpaired) electrons. The highest BCUT2D eigenvalue weighted by atomic mass is 16.7. The van der Waals surface area contributed by atoms with Gasteiger partial charge in [-0.25, -0.2) is 0 Å². The fourth-order valence-electron chi connectivity index (χ4n) is 4.69. The van der Waals surface area contributed by atoms with E-state index in [9.17, 15) is 0 Å². The van der Waals surface area contributed by atoms with Gasteiger partial charge in [0.15, 0.2) is 0 Å². The highest BCUT2D eigenvalue weighted by Crippen LogP contribution is 2.39. The van der Waals surface area contributed by atoms with Gasteiger partial charge in [-0.05, 0) is 101 Å². The lowest BCUT2D eigenvalue weighted by molar-refractivity contribution is 0.00578. The Morgan fingerprint density at radius 1 is 0.545 bits per heavy atom. The molecule has 0 spiro atoms. The first-order chi connectivity index (χ1) is 14.8. The molecule has 1 aliphatic carbocycles. The topological polar surface area (TPSA) is 36.9 Å². The van der Waals surface area contributed by atoms with Crippen LogP contribution in [0.3, 0.4) is 0 Å². The molecule has 2 saturated heterocycles. The molecule has 3 aliphatic rings. The van der Waals surface area contributed by atoms with Crippen molar-refractivity contribution >= 4 is 33.6 Å². The largest absolute Gasteiger partial charge is 0.494 e. The maximum atomic E-state index is 6.27. The van der Waals surface area contributed by atoms with Crippen LogP contribution in [0, 0.1) is 0 Å². The van der Waals surface area contributed by atoms with Crippen molar-refractivity contribution < 1.29 is 18.6 Å². The summed E-state index contributed by atoms with van der Waals surface area (Å²) in [7, 11) is -0.644. The summed E-state index contributed by atoms with van der Waals surface area (Å²) in [5.41, 5.74) is 6.18. The van der Waals surface area contributed by atoms with Crippen molar-refractivity contribution in [3.63, 3.8) is 0 Å². The van der Waals surface area contributed by atoms with Gasteiger partial charge in [0.25, 0.3) is 0 Å². The van der Waals surface area contributed by atoms with E-state index in [-0.39, 0.29) is 45.1 Å². The molecule has 0 N–H and O–H groups in total. The molecule has 0 amide bonds. The Hall–Kier alpha value is -1.53. The Balaban J connectivity index is 0.00000259. The molecular weight excluding hydrogens is 409 g/mol. The summed E-state index contributed by atoms with van der Waals surface area (Å²) >= 11 is 0. The van der Waals surface area contributed by atoms with Crippen molar-refractivity contribution in [2.24, 2.45) is 0 Å². The maximum Gasteiger partial charge on any atom is 0.494 e. The van der Waals surface area contributed by atoms with Gasteiger partial charge < -0.3 is 18.6 Å². The Bertz CT molecular complexity index is 960. The molecule has 2 heterocycles. The second kappa shape index (κ2) is 7.74. The van der Waals surface area contributed by atoms with Gasteiger partial charge in [0, 0.05) is 8.41 Å². The molecule has 0 saturated carbocycles. The fourth-order valence-corrected chi connectivity index (χ4v) is 4.69. The SMILES string of the molecule is CC1(C)OB(c2ccc3c(c2)CCc2cc(B4OC(C)(C)C(C)(C)O4)ccc2-3)OC1(C)C.[B]. The Morgan fingerprint density at radius 3 is 1.15 bits per heavy atom. The average molecular weight is 443 g/mol. The molecule has 2 aromatic rings. The Morgan fingerprint density at radius 2 is 0.848 bits per heavy atom. The minimum atomic E-state index is -0.329. The third-order valence-corrected chi connectivity index (χ3v) is 8.26. The van der Waals surface area contributed by atoms with E-state index in [1.54, 1.807) is 0 Å². The van der Waals surface area contributed by atoms with Crippen LogP contribution in [0.1, 0.15) is 66.5 Å². The molecule has 0 aromatic heterocycles. The predicted octanol–water partition coefficient (Wildman–Crippen LogP) is 3.67. The van der Waals surface area contributed by atoms with Crippen LogP contribution in [0.15, 0.2) is 36.4 Å². The van der Waals surface area contributed by atoms with Crippen LogP contribution in [-0.4, -0.2) is 45.1 Å². The average Bonchev–Trinajstić information content (AvgIpc) is 3.06. The van der Waals surface area contributed by atoms with Gasteiger partial charge in [-0.2, -0.15) is 0 Å². The van der Waals surface area contributed by atoms with Gasteiger partial charge in [0.2, 0.25) is 0 Å². The number of hydrogen-bond donors (Lipinski definition) is 0. The van der Waals surface area contributed by atoms with Gasteiger partial charge >= 0.3 is 14.2 Å². The summed E-state index contributed by atoms with van der Waals surface area (Å²) in [6.07, 6.45) is 2.00. The van der Waals surface area contributed by atoms with Crippen LogP contribution in [0.2, 0.25) is 0 Å². The van der Waals surface area contributed by atoms with E-state index in [0.29, 0.717) is 0 Å². The Kier molecular flexibility index (Phi) is 5.77. The van der Waals surface area contributed by atoms with Crippen molar-refractivity contribution in [1.29, 1.82) is 0 Å². The van der Waals surface area contributed by atoms with Crippen LogP contribution in [0.25, 0.3) is 11.1 Å². The van der Waals surface area contributed by atoms with Crippen molar-refractivity contribution in [3.8, 4) is 11.1 Å². The summed E-state index contributed by atoms with van der Waals surface area (Å²) in [5.74, 6) is 0. The Labute approximate surface area is 201 Å². The lowest BCUT2D eigenvalue weighted by atomic mass is 9.73.